The van der Waals surface area contributed by atoms with Crippen molar-refractivity contribution in [3.63, 3.8) is 0 Å². The van der Waals surface area contributed by atoms with Crippen LogP contribution in [-0.2, 0) is 9.59 Å². The van der Waals surface area contributed by atoms with Gasteiger partial charge in [-0.3, -0.25) is 9.59 Å². The van der Waals surface area contributed by atoms with Crippen LogP contribution in [-0.4, -0.2) is 22.2 Å². The maximum atomic E-state index is 11.8. The van der Waals surface area contributed by atoms with Gasteiger partial charge in [0.05, 0.1) is 5.41 Å². The number of aliphatic carboxylic acids is 2. The molecular weight excluding hydrogens is 268 g/mol. The SMILES string of the molecule is CCCCCCC(CCCCCC)(CCC(=O)O)C(=O)O. The normalized spacial score (nSPS) is 11.5. The van der Waals surface area contributed by atoms with E-state index in [4.69, 9.17) is 5.11 Å². The summed E-state index contributed by atoms with van der Waals surface area (Å²) in [6.07, 6.45) is 9.74. The number of hydrogen-bond donors (Lipinski definition) is 2. The molecule has 0 aliphatic heterocycles. The van der Waals surface area contributed by atoms with Crippen molar-refractivity contribution in [1.82, 2.24) is 0 Å². The third-order valence-corrected chi connectivity index (χ3v) is 4.29. The van der Waals surface area contributed by atoms with Gasteiger partial charge >= 0.3 is 11.9 Å². The van der Waals surface area contributed by atoms with Crippen molar-refractivity contribution in [2.45, 2.75) is 90.9 Å². The standard InChI is InChI=1S/C17H32O4/c1-3-5-7-9-12-17(16(20)21,14-11-15(18)19)13-10-8-6-4-2/h3-14H2,1-2H3,(H,18,19)(H,20,21). The van der Waals surface area contributed by atoms with Crippen LogP contribution in [0.2, 0.25) is 0 Å². The molecule has 0 rings (SSSR count). The highest BCUT2D eigenvalue weighted by Gasteiger charge is 2.37. The van der Waals surface area contributed by atoms with Crippen LogP contribution < -0.4 is 0 Å². The van der Waals surface area contributed by atoms with E-state index in [1.165, 1.54) is 0 Å². The van der Waals surface area contributed by atoms with E-state index >= 15 is 0 Å². The second-order valence-corrected chi connectivity index (χ2v) is 6.10. The quantitative estimate of drug-likeness (QED) is 0.449. The van der Waals surface area contributed by atoms with Crippen molar-refractivity contribution in [3.05, 3.63) is 0 Å². The number of unbranched alkanes of at least 4 members (excludes halogenated alkanes) is 6. The molecule has 0 saturated heterocycles. The zero-order valence-electron chi connectivity index (χ0n) is 13.7. The third-order valence-electron chi connectivity index (χ3n) is 4.29. The second kappa shape index (κ2) is 11.6. The van der Waals surface area contributed by atoms with Crippen molar-refractivity contribution < 1.29 is 19.8 Å². The molecule has 0 aliphatic carbocycles. The molecule has 0 heterocycles. The Kier molecular flexibility index (Phi) is 11.0. The Hall–Kier alpha value is -1.06. The van der Waals surface area contributed by atoms with Gasteiger partial charge in [0.25, 0.3) is 0 Å². The van der Waals surface area contributed by atoms with Crippen molar-refractivity contribution in [3.8, 4) is 0 Å². The molecule has 4 nitrogen and oxygen atoms in total. The fraction of sp³-hybridized carbons (Fsp3) is 0.882. The highest BCUT2D eigenvalue weighted by Crippen LogP contribution is 2.37. The predicted octanol–water partition coefficient (Wildman–Crippen LogP) is 4.86. The minimum absolute atomic E-state index is 0.0478. The van der Waals surface area contributed by atoms with E-state index in [1.54, 1.807) is 0 Å². The maximum Gasteiger partial charge on any atom is 0.309 e. The molecule has 0 atom stereocenters. The summed E-state index contributed by atoms with van der Waals surface area (Å²) in [6, 6.07) is 0. The van der Waals surface area contributed by atoms with E-state index in [9.17, 15) is 14.7 Å². The summed E-state index contributed by atoms with van der Waals surface area (Å²) < 4.78 is 0. The van der Waals surface area contributed by atoms with E-state index in [-0.39, 0.29) is 12.8 Å². The lowest BCUT2D eigenvalue weighted by Crippen LogP contribution is -2.32. The summed E-state index contributed by atoms with van der Waals surface area (Å²) in [5, 5.41) is 18.5. The lowest BCUT2D eigenvalue weighted by molar-refractivity contribution is -0.151. The Morgan fingerprint density at radius 3 is 1.57 bits per heavy atom. The molecule has 0 bridgehead atoms. The monoisotopic (exact) mass is 300 g/mol. The van der Waals surface area contributed by atoms with Crippen molar-refractivity contribution >= 4 is 11.9 Å². The first kappa shape index (κ1) is 19.9. The average Bonchev–Trinajstić information content (AvgIpc) is 2.44. The molecule has 0 aromatic carbocycles. The smallest absolute Gasteiger partial charge is 0.309 e. The third kappa shape index (κ3) is 8.74. The fourth-order valence-corrected chi connectivity index (χ4v) is 2.82. The van der Waals surface area contributed by atoms with E-state index in [2.05, 4.69) is 13.8 Å². The molecule has 0 aromatic rings. The molecule has 4 heteroatoms. The summed E-state index contributed by atoms with van der Waals surface area (Å²) in [4.78, 5) is 22.6. The van der Waals surface area contributed by atoms with Crippen LogP contribution in [0, 0.1) is 5.41 Å². The number of carboxylic acid groups (broad SMARTS) is 2. The van der Waals surface area contributed by atoms with Gasteiger partial charge in [-0.05, 0) is 19.3 Å². The summed E-state index contributed by atoms with van der Waals surface area (Å²) in [5.74, 6) is -1.71. The first-order valence-electron chi connectivity index (χ1n) is 8.43. The topological polar surface area (TPSA) is 74.6 Å². The van der Waals surface area contributed by atoms with Crippen LogP contribution in [0.1, 0.15) is 90.9 Å². The number of hydrogen-bond acceptors (Lipinski definition) is 2. The van der Waals surface area contributed by atoms with Crippen molar-refractivity contribution in [1.29, 1.82) is 0 Å². The summed E-state index contributed by atoms with van der Waals surface area (Å²) >= 11 is 0. The van der Waals surface area contributed by atoms with Crippen LogP contribution in [0.15, 0.2) is 0 Å². The van der Waals surface area contributed by atoms with Gasteiger partial charge < -0.3 is 10.2 Å². The molecule has 0 aliphatic rings. The highest BCUT2D eigenvalue weighted by atomic mass is 16.4. The largest absolute Gasteiger partial charge is 0.481 e. The van der Waals surface area contributed by atoms with Gasteiger partial charge in [-0.1, -0.05) is 65.2 Å². The molecule has 0 spiro atoms. The van der Waals surface area contributed by atoms with Gasteiger partial charge in [0, 0.05) is 6.42 Å². The Labute approximate surface area is 128 Å². The Morgan fingerprint density at radius 2 is 1.24 bits per heavy atom. The molecular formula is C17H32O4. The van der Waals surface area contributed by atoms with Gasteiger partial charge in [-0.15, -0.1) is 0 Å². The molecule has 0 unspecified atom stereocenters. The number of carboxylic acids is 2. The predicted molar refractivity (Wildman–Crippen MR) is 84.5 cm³/mol. The van der Waals surface area contributed by atoms with Crippen LogP contribution in [0.4, 0.5) is 0 Å². The van der Waals surface area contributed by atoms with Gasteiger partial charge in [0.2, 0.25) is 0 Å². The molecule has 0 fully saturated rings. The minimum atomic E-state index is -0.900. The minimum Gasteiger partial charge on any atom is -0.481 e. The van der Waals surface area contributed by atoms with E-state index < -0.39 is 17.4 Å². The van der Waals surface area contributed by atoms with Gasteiger partial charge in [-0.25, -0.2) is 0 Å². The Bertz CT molecular complexity index is 287. The van der Waals surface area contributed by atoms with Crippen molar-refractivity contribution in [2.75, 3.05) is 0 Å². The number of carbonyl (C=O) groups is 2. The first-order chi connectivity index (χ1) is 9.98. The maximum absolute atomic E-state index is 11.8. The highest BCUT2D eigenvalue weighted by molar-refractivity contribution is 5.76. The average molecular weight is 300 g/mol. The molecule has 0 radical (unpaired) electrons. The lowest BCUT2D eigenvalue weighted by atomic mass is 9.74. The summed E-state index contributed by atoms with van der Waals surface area (Å²) in [6.45, 7) is 4.25. The zero-order valence-corrected chi connectivity index (χ0v) is 13.7. The van der Waals surface area contributed by atoms with Gasteiger partial charge in [-0.2, -0.15) is 0 Å². The van der Waals surface area contributed by atoms with Gasteiger partial charge in [0.1, 0.15) is 0 Å². The molecule has 0 amide bonds. The van der Waals surface area contributed by atoms with Crippen molar-refractivity contribution in [2.24, 2.45) is 5.41 Å². The molecule has 2 N–H and O–H groups in total. The fourth-order valence-electron chi connectivity index (χ4n) is 2.82. The Balaban J connectivity index is 4.62. The zero-order chi connectivity index (χ0) is 16.1. The second-order valence-electron chi connectivity index (χ2n) is 6.10. The summed E-state index contributed by atoms with van der Waals surface area (Å²) in [7, 11) is 0. The Morgan fingerprint density at radius 1 is 0.762 bits per heavy atom. The van der Waals surface area contributed by atoms with E-state index in [0.717, 1.165) is 51.4 Å². The molecule has 124 valence electrons. The van der Waals surface area contributed by atoms with Crippen LogP contribution in [0.25, 0.3) is 0 Å². The molecule has 0 aromatic heterocycles. The number of rotatable bonds is 14. The molecule has 0 saturated carbocycles. The summed E-state index contributed by atoms with van der Waals surface area (Å²) in [5.41, 5.74) is -0.833. The first-order valence-corrected chi connectivity index (χ1v) is 8.43. The van der Waals surface area contributed by atoms with Gasteiger partial charge in [0.15, 0.2) is 0 Å². The van der Waals surface area contributed by atoms with E-state index in [0.29, 0.717) is 12.8 Å². The van der Waals surface area contributed by atoms with Crippen LogP contribution in [0.5, 0.6) is 0 Å². The molecule has 21 heavy (non-hydrogen) atoms. The van der Waals surface area contributed by atoms with Crippen LogP contribution >= 0.6 is 0 Å². The van der Waals surface area contributed by atoms with Crippen LogP contribution in [0.3, 0.4) is 0 Å². The lowest BCUT2D eigenvalue weighted by Gasteiger charge is -2.29. The van der Waals surface area contributed by atoms with E-state index in [1.807, 2.05) is 0 Å².